The van der Waals surface area contributed by atoms with Crippen LogP contribution in [0, 0.1) is 17.3 Å². The van der Waals surface area contributed by atoms with Crippen molar-refractivity contribution < 1.29 is 0 Å². The van der Waals surface area contributed by atoms with Gasteiger partial charge in [-0.3, -0.25) is 10.2 Å². The van der Waals surface area contributed by atoms with Gasteiger partial charge < -0.3 is 0 Å². The van der Waals surface area contributed by atoms with E-state index in [2.05, 4.69) is 37.9 Å². The minimum absolute atomic E-state index is 0.414. The second-order valence-electron chi connectivity index (χ2n) is 9.17. The molecule has 3 fully saturated rings. The standard InChI is InChI=1S/C19H36N2/c1-14-10-11-16-12-17(19(2,3)4)21(18(16)20-14)13-15-8-6-5-7-9-15/h14-18,20H,5-13H2,1-4H3. The van der Waals surface area contributed by atoms with Crippen LogP contribution in [0.1, 0.15) is 79.1 Å². The SMILES string of the molecule is CC1CCC2CC(C(C)(C)C)N(CC3CCCCC3)C2N1. The molecule has 2 aliphatic heterocycles. The average Bonchev–Trinajstić information content (AvgIpc) is 2.78. The highest BCUT2D eigenvalue weighted by atomic mass is 15.3. The highest BCUT2D eigenvalue weighted by Crippen LogP contribution is 2.43. The van der Waals surface area contributed by atoms with E-state index < -0.39 is 0 Å². The van der Waals surface area contributed by atoms with Crippen molar-refractivity contribution in [2.45, 2.75) is 97.3 Å². The summed E-state index contributed by atoms with van der Waals surface area (Å²) in [5.74, 6) is 1.86. The number of nitrogens with zero attached hydrogens (tertiary/aromatic N) is 1. The Balaban J connectivity index is 1.74. The molecule has 4 atom stereocenters. The van der Waals surface area contributed by atoms with Crippen LogP contribution in [0.25, 0.3) is 0 Å². The fourth-order valence-corrected chi connectivity index (χ4v) is 5.12. The van der Waals surface area contributed by atoms with E-state index in [1.165, 1.54) is 57.9 Å². The first-order chi connectivity index (χ1) is 9.95. The van der Waals surface area contributed by atoms with Crippen molar-refractivity contribution in [3.8, 4) is 0 Å². The second-order valence-corrected chi connectivity index (χ2v) is 9.17. The summed E-state index contributed by atoms with van der Waals surface area (Å²) >= 11 is 0. The van der Waals surface area contributed by atoms with Gasteiger partial charge in [-0.25, -0.2) is 0 Å². The summed E-state index contributed by atoms with van der Waals surface area (Å²) in [5.41, 5.74) is 0.414. The zero-order valence-corrected chi connectivity index (χ0v) is 14.7. The molecule has 1 aliphatic carbocycles. The molecular formula is C19H36N2. The first-order valence-electron chi connectivity index (χ1n) is 9.47. The molecule has 21 heavy (non-hydrogen) atoms. The summed E-state index contributed by atoms with van der Waals surface area (Å²) < 4.78 is 0. The molecule has 1 N–H and O–H groups in total. The van der Waals surface area contributed by atoms with Crippen LogP contribution in [-0.4, -0.2) is 29.7 Å². The number of likely N-dealkylation sites (tertiary alicyclic amines) is 1. The minimum atomic E-state index is 0.414. The van der Waals surface area contributed by atoms with Crippen LogP contribution < -0.4 is 5.32 Å². The smallest absolute Gasteiger partial charge is 0.0631 e. The van der Waals surface area contributed by atoms with Gasteiger partial charge in [-0.2, -0.15) is 0 Å². The van der Waals surface area contributed by atoms with Crippen LogP contribution in [0.2, 0.25) is 0 Å². The van der Waals surface area contributed by atoms with Gasteiger partial charge in [0, 0.05) is 18.6 Å². The van der Waals surface area contributed by atoms with E-state index in [1.54, 1.807) is 0 Å². The normalized spacial score (nSPS) is 39.4. The van der Waals surface area contributed by atoms with E-state index in [1.807, 2.05) is 0 Å². The Morgan fingerprint density at radius 3 is 2.38 bits per heavy atom. The van der Waals surface area contributed by atoms with E-state index in [0.717, 1.165) is 17.9 Å². The topological polar surface area (TPSA) is 15.3 Å². The van der Waals surface area contributed by atoms with E-state index >= 15 is 0 Å². The maximum atomic E-state index is 3.95. The Kier molecular flexibility index (Phi) is 4.66. The van der Waals surface area contributed by atoms with Crippen LogP contribution in [0.15, 0.2) is 0 Å². The zero-order valence-electron chi connectivity index (χ0n) is 14.7. The molecule has 2 nitrogen and oxygen atoms in total. The molecule has 0 spiro atoms. The summed E-state index contributed by atoms with van der Waals surface area (Å²) in [6, 6.07) is 1.48. The Morgan fingerprint density at radius 1 is 1.00 bits per heavy atom. The predicted octanol–water partition coefficient (Wildman–Crippen LogP) is 4.40. The van der Waals surface area contributed by atoms with Crippen molar-refractivity contribution in [1.29, 1.82) is 0 Å². The van der Waals surface area contributed by atoms with Crippen LogP contribution >= 0.6 is 0 Å². The first kappa shape index (κ1) is 15.8. The molecule has 0 aromatic heterocycles. The summed E-state index contributed by atoms with van der Waals surface area (Å²) in [6.07, 6.45) is 12.2. The quantitative estimate of drug-likeness (QED) is 0.811. The largest absolute Gasteiger partial charge is 0.299 e. The number of hydrogen-bond donors (Lipinski definition) is 1. The molecule has 3 rings (SSSR count). The summed E-state index contributed by atoms with van der Waals surface area (Å²) in [6.45, 7) is 11.1. The molecule has 4 unspecified atom stereocenters. The summed E-state index contributed by atoms with van der Waals surface area (Å²) in [4.78, 5) is 2.90. The lowest BCUT2D eigenvalue weighted by atomic mass is 9.82. The van der Waals surface area contributed by atoms with Crippen LogP contribution in [0.3, 0.4) is 0 Å². The number of rotatable bonds is 2. The molecular weight excluding hydrogens is 256 g/mol. The second kappa shape index (κ2) is 6.20. The summed E-state index contributed by atoms with van der Waals surface area (Å²) in [5, 5.41) is 3.95. The lowest BCUT2D eigenvalue weighted by molar-refractivity contribution is 0.0516. The Hall–Kier alpha value is -0.0800. The van der Waals surface area contributed by atoms with E-state index in [4.69, 9.17) is 0 Å². The highest BCUT2D eigenvalue weighted by Gasteiger charge is 2.47. The van der Waals surface area contributed by atoms with Gasteiger partial charge in [0.1, 0.15) is 0 Å². The lowest BCUT2D eigenvalue weighted by Crippen LogP contribution is -2.55. The molecule has 2 heteroatoms. The molecule has 2 saturated heterocycles. The predicted molar refractivity (Wildman–Crippen MR) is 90.3 cm³/mol. The number of hydrogen-bond acceptors (Lipinski definition) is 2. The molecule has 0 bridgehead atoms. The van der Waals surface area contributed by atoms with E-state index in [0.29, 0.717) is 17.6 Å². The monoisotopic (exact) mass is 292 g/mol. The highest BCUT2D eigenvalue weighted by molar-refractivity contribution is 5.00. The van der Waals surface area contributed by atoms with Crippen LogP contribution in [0.4, 0.5) is 0 Å². The van der Waals surface area contributed by atoms with Crippen molar-refractivity contribution in [3.05, 3.63) is 0 Å². The molecule has 3 aliphatic rings. The molecule has 1 saturated carbocycles. The van der Waals surface area contributed by atoms with Crippen LogP contribution in [-0.2, 0) is 0 Å². The molecule has 0 radical (unpaired) electrons. The maximum Gasteiger partial charge on any atom is 0.0631 e. The van der Waals surface area contributed by atoms with Crippen molar-refractivity contribution in [2.75, 3.05) is 6.54 Å². The third-order valence-corrected chi connectivity index (χ3v) is 6.35. The lowest BCUT2D eigenvalue weighted by Gasteiger charge is -2.42. The van der Waals surface area contributed by atoms with Crippen LogP contribution in [0.5, 0.6) is 0 Å². The van der Waals surface area contributed by atoms with Gasteiger partial charge in [-0.1, -0.05) is 40.0 Å². The van der Waals surface area contributed by atoms with Crippen molar-refractivity contribution in [3.63, 3.8) is 0 Å². The summed E-state index contributed by atoms with van der Waals surface area (Å²) in [7, 11) is 0. The molecule has 2 heterocycles. The van der Waals surface area contributed by atoms with Gasteiger partial charge in [0.25, 0.3) is 0 Å². The van der Waals surface area contributed by atoms with Crippen molar-refractivity contribution in [1.82, 2.24) is 10.2 Å². The number of nitrogens with one attached hydrogen (secondary N) is 1. The first-order valence-corrected chi connectivity index (χ1v) is 9.47. The van der Waals surface area contributed by atoms with Gasteiger partial charge in [-0.15, -0.1) is 0 Å². The van der Waals surface area contributed by atoms with Gasteiger partial charge in [0.2, 0.25) is 0 Å². The van der Waals surface area contributed by atoms with Crippen molar-refractivity contribution in [2.24, 2.45) is 17.3 Å². The minimum Gasteiger partial charge on any atom is -0.299 e. The van der Waals surface area contributed by atoms with Gasteiger partial charge >= 0.3 is 0 Å². The number of piperidine rings is 1. The Bertz CT molecular complexity index is 340. The van der Waals surface area contributed by atoms with Gasteiger partial charge in [-0.05, 0) is 56.3 Å². The Labute approximate surface area is 132 Å². The van der Waals surface area contributed by atoms with E-state index in [-0.39, 0.29) is 0 Å². The van der Waals surface area contributed by atoms with Crippen molar-refractivity contribution >= 4 is 0 Å². The molecule has 0 aromatic carbocycles. The molecule has 0 amide bonds. The number of fused-ring (bicyclic) bond motifs is 1. The van der Waals surface area contributed by atoms with Gasteiger partial charge in [0.15, 0.2) is 0 Å². The fraction of sp³-hybridized carbons (Fsp3) is 1.00. The average molecular weight is 293 g/mol. The fourth-order valence-electron chi connectivity index (χ4n) is 5.12. The zero-order chi connectivity index (χ0) is 15.0. The van der Waals surface area contributed by atoms with Gasteiger partial charge in [0.05, 0.1) is 6.17 Å². The maximum absolute atomic E-state index is 3.95. The van der Waals surface area contributed by atoms with E-state index in [9.17, 15) is 0 Å². The molecule has 122 valence electrons. The third-order valence-electron chi connectivity index (χ3n) is 6.35. The Morgan fingerprint density at radius 2 is 1.71 bits per heavy atom. The molecule has 0 aromatic rings. The third kappa shape index (κ3) is 3.47.